The van der Waals surface area contributed by atoms with Crippen molar-refractivity contribution in [3.8, 4) is 0 Å². The molecule has 2 aromatic rings. The maximum atomic E-state index is 11.9. The van der Waals surface area contributed by atoms with E-state index in [9.17, 15) is 4.79 Å². The van der Waals surface area contributed by atoms with Crippen LogP contribution in [0.5, 0.6) is 0 Å². The zero-order valence-corrected chi connectivity index (χ0v) is 12.1. The van der Waals surface area contributed by atoms with E-state index in [1.807, 2.05) is 31.3 Å². The molecule has 20 heavy (non-hydrogen) atoms. The third-order valence-electron chi connectivity index (χ3n) is 3.79. The molecule has 0 bridgehead atoms. The number of furan rings is 1. The molecule has 3 N–H and O–H groups in total. The molecule has 0 radical (unpaired) electrons. The summed E-state index contributed by atoms with van der Waals surface area (Å²) >= 11 is 0. The quantitative estimate of drug-likeness (QED) is 0.499. The van der Waals surface area contributed by atoms with Gasteiger partial charge in [0.25, 0.3) is 0 Å². The highest BCUT2D eigenvalue weighted by Gasteiger charge is 2.21. The van der Waals surface area contributed by atoms with E-state index in [2.05, 4.69) is 24.2 Å². The minimum atomic E-state index is -0.395. The molecule has 1 amide bonds. The van der Waals surface area contributed by atoms with Crippen LogP contribution in [0.15, 0.2) is 28.7 Å². The van der Waals surface area contributed by atoms with Crippen LogP contribution in [0, 0.1) is 0 Å². The van der Waals surface area contributed by atoms with Gasteiger partial charge in [0, 0.05) is 23.5 Å². The molecule has 1 atom stereocenters. The van der Waals surface area contributed by atoms with Gasteiger partial charge in [-0.05, 0) is 26.5 Å². The first kappa shape index (κ1) is 14.6. The maximum Gasteiger partial charge on any atom is 0.301 e. The molecule has 1 unspecified atom stereocenters. The number of fused-ring (bicyclic) bond motifs is 1. The van der Waals surface area contributed by atoms with Gasteiger partial charge in [0.2, 0.25) is 0 Å². The van der Waals surface area contributed by atoms with E-state index in [1.54, 1.807) is 0 Å². The molecule has 0 spiro atoms. The number of amides is 1. The van der Waals surface area contributed by atoms with Gasteiger partial charge < -0.3 is 4.42 Å². The van der Waals surface area contributed by atoms with Gasteiger partial charge in [-0.1, -0.05) is 25.1 Å². The van der Waals surface area contributed by atoms with E-state index in [0.717, 1.165) is 17.4 Å². The van der Waals surface area contributed by atoms with Crippen molar-refractivity contribution in [1.82, 2.24) is 10.3 Å². The number of para-hydroxylation sites is 1. The summed E-state index contributed by atoms with van der Waals surface area (Å²) < 4.78 is 5.65. The molecular weight excluding hydrogens is 254 g/mol. The Kier molecular flexibility index (Phi) is 4.42. The highest BCUT2D eigenvalue weighted by molar-refractivity contribution is 5.98. The SMILES string of the molecule is CCC(C)N(C)Cc1c(C(=O)NN)oc2ccccc12. The highest BCUT2D eigenvalue weighted by atomic mass is 16.3. The summed E-state index contributed by atoms with van der Waals surface area (Å²) in [7, 11) is 2.04. The number of carbonyl (C=O) groups is 1. The summed E-state index contributed by atoms with van der Waals surface area (Å²) in [6.07, 6.45) is 1.05. The first-order valence-corrected chi connectivity index (χ1v) is 6.80. The number of nitrogen functional groups attached to an aromatic ring is 1. The number of benzene rings is 1. The molecule has 1 aromatic carbocycles. The number of nitrogens with zero attached hydrogens (tertiary/aromatic N) is 1. The average molecular weight is 275 g/mol. The Bertz CT molecular complexity index is 606. The van der Waals surface area contributed by atoms with Crippen LogP contribution in [0.1, 0.15) is 36.4 Å². The van der Waals surface area contributed by atoms with E-state index in [4.69, 9.17) is 10.3 Å². The normalized spacial score (nSPS) is 12.8. The Hall–Kier alpha value is -1.85. The molecule has 5 nitrogen and oxygen atoms in total. The van der Waals surface area contributed by atoms with Crippen LogP contribution in [0.25, 0.3) is 11.0 Å². The van der Waals surface area contributed by atoms with E-state index in [1.165, 1.54) is 0 Å². The fourth-order valence-electron chi connectivity index (χ4n) is 2.22. The molecular formula is C15H21N3O2. The summed E-state index contributed by atoms with van der Waals surface area (Å²) in [5.74, 6) is 5.14. The minimum absolute atomic E-state index is 0.295. The Balaban J connectivity index is 2.45. The number of hydrogen-bond donors (Lipinski definition) is 2. The first-order chi connectivity index (χ1) is 9.58. The van der Waals surface area contributed by atoms with Gasteiger partial charge >= 0.3 is 5.91 Å². The molecule has 0 aliphatic heterocycles. The summed E-state index contributed by atoms with van der Waals surface area (Å²) in [6, 6.07) is 8.08. The second-order valence-electron chi connectivity index (χ2n) is 5.05. The third-order valence-corrected chi connectivity index (χ3v) is 3.79. The van der Waals surface area contributed by atoms with E-state index < -0.39 is 5.91 Å². The summed E-state index contributed by atoms with van der Waals surface area (Å²) in [5.41, 5.74) is 3.74. The van der Waals surface area contributed by atoms with Crippen molar-refractivity contribution in [3.63, 3.8) is 0 Å². The predicted molar refractivity (Wildman–Crippen MR) is 79.1 cm³/mol. The number of rotatable bonds is 5. The monoisotopic (exact) mass is 275 g/mol. The molecule has 0 aliphatic carbocycles. The Morgan fingerprint density at radius 3 is 2.80 bits per heavy atom. The van der Waals surface area contributed by atoms with E-state index in [-0.39, 0.29) is 0 Å². The molecule has 1 heterocycles. The van der Waals surface area contributed by atoms with Gasteiger partial charge in [-0.3, -0.25) is 15.1 Å². The summed E-state index contributed by atoms with van der Waals surface area (Å²) in [5, 5.41) is 0.959. The van der Waals surface area contributed by atoms with Crippen LogP contribution < -0.4 is 11.3 Å². The van der Waals surface area contributed by atoms with Gasteiger partial charge in [-0.25, -0.2) is 5.84 Å². The van der Waals surface area contributed by atoms with Crippen molar-refractivity contribution in [3.05, 3.63) is 35.6 Å². The van der Waals surface area contributed by atoms with Crippen molar-refractivity contribution < 1.29 is 9.21 Å². The number of hydrazine groups is 1. The first-order valence-electron chi connectivity index (χ1n) is 6.80. The fourth-order valence-corrected chi connectivity index (χ4v) is 2.22. The van der Waals surface area contributed by atoms with Crippen molar-refractivity contribution in [1.29, 1.82) is 0 Å². The van der Waals surface area contributed by atoms with Crippen LogP contribution in [0.3, 0.4) is 0 Å². The smallest absolute Gasteiger partial charge is 0.301 e. The number of nitrogens with two attached hydrogens (primary N) is 1. The van der Waals surface area contributed by atoms with Crippen molar-refractivity contribution >= 4 is 16.9 Å². The lowest BCUT2D eigenvalue weighted by Crippen LogP contribution is -2.32. The predicted octanol–water partition coefficient (Wildman–Crippen LogP) is 2.27. The number of hydrogen-bond acceptors (Lipinski definition) is 4. The number of carbonyl (C=O) groups excluding carboxylic acids is 1. The van der Waals surface area contributed by atoms with Crippen molar-refractivity contribution in [2.45, 2.75) is 32.9 Å². The molecule has 0 aliphatic rings. The van der Waals surface area contributed by atoms with E-state index in [0.29, 0.717) is 23.9 Å². The summed E-state index contributed by atoms with van der Waals surface area (Å²) in [6.45, 7) is 4.95. The molecule has 1 aromatic heterocycles. The molecule has 2 rings (SSSR count). The molecule has 0 saturated heterocycles. The van der Waals surface area contributed by atoms with Crippen LogP contribution in [-0.2, 0) is 6.54 Å². The zero-order valence-electron chi connectivity index (χ0n) is 12.1. The number of nitrogens with one attached hydrogen (secondary N) is 1. The van der Waals surface area contributed by atoms with Crippen LogP contribution in [0.2, 0.25) is 0 Å². The Morgan fingerprint density at radius 1 is 1.45 bits per heavy atom. The molecule has 5 heteroatoms. The van der Waals surface area contributed by atoms with E-state index >= 15 is 0 Å². The van der Waals surface area contributed by atoms with Crippen molar-refractivity contribution in [2.24, 2.45) is 5.84 Å². The van der Waals surface area contributed by atoms with Crippen LogP contribution in [0.4, 0.5) is 0 Å². The zero-order chi connectivity index (χ0) is 14.7. The fraction of sp³-hybridized carbons (Fsp3) is 0.400. The van der Waals surface area contributed by atoms with Gasteiger partial charge in [0.05, 0.1) is 0 Å². The lowest BCUT2D eigenvalue weighted by molar-refractivity contribution is 0.0925. The standard InChI is InChI=1S/C15H21N3O2/c1-4-10(2)18(3)9-12-11-7-5-6-8-13(11)20-14(12)15(19)17-16/h5-8,10H,4,9,16H2,1-3H3,(H,17,19). The second kappa shape index (κ2) is 6.07. The molecule has 108 valence electrons. The highest BCUT2D eigenvalue weighted by Crippen LogP contribution is 2.27. The average Bonchev–Trinajstić information content (AvgIpc) is 2.84. The Labute approximate surface area is 118 Å². The van der Waals surface area contributed by atoms with Crippen LogP contribution >= 0.6 is 0 Å². The maximum absolute atomic E-state index is 11.9. The summed E-state index contributed by atoms with van der Waals surface area (Å²) in [4.78, 5) is 14.1. The lowest BCUT2D eigenvalue weighted by atomic mass is 10.1. The van der Waals surface area contributed by atoms with Gasteiger partial charge in [0.1, 0.15) is 5.58 Å². The second-order valence-corrected chi connectivity index (χ2v) is 5.05. The van der Waals surface area contributed by atoms with Crippen LogP contribution in [-0.4, -0.2) is 23.9 Å². The topological polar surface area (TPSA) is 71.5 Å². The molecule has 0 fully saturated rings. The lowest BCUT2D eigenvalue weighted by Gasteiger charge is -2.23. The van der Waals surface area contributed by atoms with Crippen molar-refractivity contribution in [2.75, 3.05) is 7.05 Å². The minimum Gasteiger partial charge on any atom is -0.451 e. The van der Waals surface area contributed by atoms with Gasteiger partial charge in [0.15, 0.2) is 5.76 Å². The van der Waals surface area contributed by atoms with Gasteiger partial charge in [-0.2, -0.15) is 0 Å². The van der Waals surface area contributed by atoms with Gasteiger partial charge in [-0.15, -0.1) is 0 Å². The third kappa shape index (κ3) is 2.69. The largest absolute Gasteiger partial charge is 0.451 e. The molecule has 0 saturated carbocycles. The Morgan fingerprint density at radius 2 is 2.15 bits per heavy atom.